The third-order valence-electron chi connectivity index (χ3n) is 6.97. The number of nitrogens with one attached hydrogen (secondary N) is 2. The molecular weight excluding hydrogens is 402 g/mol. The maximum atomic E-state index is 5.49. The SMILES string of the molecule is CCCCCCCCCCCCCCCCCCCCCCCNCCCCNCCCN. The van der Waals surface area contributed by atoms with Crippen molar-refractivity contribution < 1.29 is 0 Å². The molecule has 0 aliphatic rings. The van der Waals surface area contributed by atoms with Gasteiger partial charge in [0.15, 0.2) is 0 Å². The van der Waals surface area contributed by atoms with Gasteiger partial charge >= 0.3 is 0 Å². The first kappa shape index (κ1) is 32.9. The summed E-state index contributed by atoms with van der Waals surface area (Å²) < 4.78 is 0. The van der Waals surface area contributed by atoms with Gasteiger partial charge in [0.2, 0.25) is 0 Å². The number of hydrogen-bond donors (Lipinski definition) is 3. The molecule has 0 aromatic rings. The molecule has 0 fully saturated rings. The molecule has 0 bridgehead atoms. The molecule has 0 saturated heterocycles. The van der Waals surface area contributed by atoms with Crippen LogP contribution in [-0.4, -0.2) is 32.7 Å². The van der Waals surface area contributed by atoms with Crippen molar-refractivity contribution in [1.82, 2.24) is 10.6 Å². The van der Waals surface area contributed by atoms with Crippen molar-refractivity contribution in [2.75, 3.05) is 32.7 Å². The first-order chi connectivity index (χ1) is 16.4. The normalized spacial score (nSPS) is 11.5. The minimum Gasteiger partial charge on any atom is -0.330 e. The molecule has 0 saturated carbocycles. The number of rotatable bonds is 30. The first-order valence-corrected chi connectivity index (χ1v) is 15.5. The Labute approximate surface area is 210 Å². The standard InChI is InChI=1S/C30H65N3/c1-2-3-4-5-6-7-8-9-10-11-12-13-14-15-16-17-18-19-20-21-22-27-32-28-23-24-29-33-30-25-26-31/h32-33H,2-31H2,1H3. The Balaban J connectivity index is 2.99. The molecule has 0 heterocycles. The molecule has 0 unspecified atom stereocenters. The van der Waals surface area contributed by atoms with Gasteiger partial charge in [-0.25, -0.2) is 0 Å². The Morgan fingerprint density at radius 2 is 0.576 bits per heavy atom. The van der Waals surface area contributed by atoms with Crippen molar-refractivity contribution in [3.05, 3.63) is 0 Å². The third-order valence-corrected chi connectivity index (χ3v) is 6.97. The van der Waals surface area contributed by atoms with E-state index in [-0.39, 0.29) is 0 Å². The van der Waals surface area contributed by atoms with Crippen LogP contribution in [0.3, 0.4) is 0 Å². The van der Waals surface area contributed by atoms with Gasteiger partial charge < -0.3 is 16.4 Å². The summed E-state index contributed by atoms with van der Waals surface area (Å²) in [4.78, 5) is 0. The van der Waals surface area contributed by atoms with Gasteiger partial charge in [0.05, 0.1) is 0 Å². The Morgan fingerprint density at radius 3 is 0.879 bits per heavy atom. The quantitative estimate of drug-likeness (QED) is 0.0928. The van der Waals surface area contributed by atoms with E-state index in [2.05, 4.69) is 17.6 Å². The van der Waals surface area contributed by atoms with Gasteiger partial charge in [0.1, 0.15) is 0 Å². The molecule has 33 heavy (non-hydrogen) atoms. The van der Waals surface area contributed by atoms with Crippen molar-refractivity contribution in [2.24, 2.45) is 5.73 Å². The highest BCUT2D eigenvalue weighted by atomic mass is 14.9. The van der Waals surface area contributed by atoms with E-state index < -0.39 is 0 Å². The third kappa shape index (κ3) is 31.9. The summed E-state index contributed by atoms with van der Waals surface area (Å²) in [6.45, 7) is 7.70. The van der Waals surface area contributed by atoms with Gasteiger partial charge in [0, 0.05) is 0 Å². The second-order valence-corrected chi connectivity index (χ2v) is 10.4. The van der Waals surface area contributed by atoms with Crippen molar-refractivity contribution in [1.29, 1.82) is 0 Å². The Kier molecular flexibility index (Phi) is 31.8. The van der Waals surface area contributed by atoms with Gasteiger partial charge in [-0.2, -0.15) is 0 Å². The highest BCUT2D eigenvalue weighted by Crippen LogP contribution is 2.15. The molecule has 0 amide bonds. The number of unbranched alkanes of at least 4 members (excludes halogenated alkanes) is 21. The average Bonchev–Trinajstić information content (AvgIpc) is 2.83. The van der Waals surface area contributed by atoms with Crippen molar-refractivity contribution in [3.8, 4) is 0 Å². The van der Waals surface area contributed by atoms with E-state index in [4.69, 9.17) is 5.73 Å². The van der Waals surface area contributed by atoms with Gasteiger partial charge in [-0.1, -0.05) is 135 Å². The lowest BCUT2D eigenvalue weighted by Gasteiger charge is -2.06. The monoisotopic (exact) mass is 468 g/mol. The fraction of sp³-hybridized carbons (Fsp3) is 1.00. The van der Waals surface area contributed by atoms with Crippen LogP contribution in [0.4, 0.5) is 0 Å². The fourth-order valence-electron chi connectivity index (χ4n) is 4.66. The van der Waals surface area contributed by atoms with Crippen LogP contribution < -0.4 is 16.4 Å². The lowest BCUT2D eigenvalue weighted by molar-refractivity contribution is 0.516. The molecule has 0 aliphatic heterocycles. The van der Waals surface area contributed by atoms with E-state index in [0.29, 0.717) is 0 Å². The van der Waals surface area contributed by atoms with Gasteiger partial charge in [-0.05, 0) is 58.4 Å². The summed E-state index contributed by atoms with van der Waals surface area (Å²) in [5.41, 5.74) is 5.49. The van der Waals surface area contributed by atoms with E-state index in [9.17, 15) is 0 Å². The van der Waals surface area contributed by atoms with E-state index >= 15 is 0 Å². The predicted molar refractivity (Wildman–Crippen MR) is 151 cm³/mol. The molecule has 200 valence electrons. The predicted octanol–water partition coefficient (Wildman–Crippen LogP) is 8.51. The van der Waals surface area contributed by atoms with Crippen LogP contribution in [-0.2, 0) is 0 Å². The van der Waals surface area contributed by atoms with Crippen molar-refractivity contribution in [3.63, 3.8) is 0 Å². The van der Waals surface area contributed by atoms with Crippen LogP contribution in [0.5, 0.6) is 0 Å². The Hall–Kier alpha value is -0.120. The zero-order valence-electron chi connectivity index (χ0n) is 23.1. The van der Waals surface area contributed by atoms with E-state index in [1.807, 2.05) is 0 Å². The van der Waals surface area contributed by atoms with Gasteiger partial charge in [0.25, 0.3) is 0 Å². The van der Waals surface area contributed by atoms with E-state index in [0.717, 1.165) is 26.1 Å². The van der Waals surface area contributed by atoms with Crippen LogP contribution in [0.1, 0.15) is 161 Å². The minimum absolute atomic E-state index is 0.800. The minimum atomic E-state index is 0.800. The topological polar surface area (TPSA) is 50.1 Å². The molecule has 4 N–H and O–H groups in total. The molecule has 0 spiro atoms. The lowest BCUT2D eigenvalue weighted by atomic mass is 10.0. The summed E-state index contributed by atoms with van der Waals surface area (Å²) in [7, 11) is 0. The molecular formula is C30H65N3. The highest BCUT2D eigenvalue weighted by Gasteiger charge is 1.96. The molecule has 0 aliphatic carbocycles. The maximum absolute atomic E-state index is 5.49. The van der Waals surface area contributed by atoms with Crippen LogP contribution in [0.25, 0.3) is 0 Å². The Morgan fingerprint density at radius 1 is 0.333 bits per heavy atom. The van der Waals surface area contributed by atoms with Crippen LogP contribution in [0, 0.1) is 0 Å². The second-order valence-electron chi connectivity index (χ2n) is 10.4. The van der Waals surface area contributed by atoms with Gasteiger partial charge in [-0.15, -0.1) is 0 Å². The molecule has 0 aromatic heterocycles. The first-order valence-electron chi connectivity index (χ1n) is 15.5. The number of nitrogens with two attached hydrogens (primary N) is 1. The van der Waals surface area contributed by atoms with E-state index in [1.165, 1.54) is 161 Å². The lowest BCUT2D eigenvalue weighted by Crippen LogP contribution is -2.21. The van der Waals surface area contributed by atoms with Crippen molar-refractivity contribution in [2.45, 2.75) is 161 Å². The van der Waals surface area contributed by atoms with E-state index in [1.54, 1.807) is 0 Å². The summed E-state index contributed by atoms with van der Waals surface area (Å²) in [6.07, 6.45) is 34.3. The molecule has 0 rings (SSSR count). The molecule has 0 aromatic carbocycles. The molecule has 3 nitrogen and oxygen atoms in total. The van der Waals surface area contributed by atoms with Crippen LogP contribution >= 0.6 is 0 Å². The zero-order chi connectivity index (χ0) is 23.9. The largest absolute Gasteiger partial charge is 0.330 e. The van der Waals surface area contributed by atoms with Gasteiger partial charge in [-0.3, -0.25) is 0 Å². The fourth-order valence-corrected chi connectivity index (χ4v) is 4.66. The molecule has 3 heteroatoms. The van der Waals surface area contributed by atoms with Crippen LogP contribution in [0.15, 0.2) is 0 Å². The van der Waals surface area contributed by atoms with Crippen molar-refractivity contribution >= 4 is 0 Å². The highest BCUT2D eigenvalue weighted by molar-refractivity contribution is 4.54. The summed E-state index contributed by atoms with van der Waals surface area (Å²) in [5, 5.41) is 7.05. The number of hydrogen-bond acceptors (Lipinski definition) is 3. The zero-order valence-corrected chi connectivity index (χ0v) is 23.1. The molecule has 0 atom stereocenters. The summed E-state index contributed by atoms with van der Waals surface area (Å²) >= 11 is 0. The Bertz CT molecular complexity index is 292. The smallest absolute Gasteiger partial charge is 0.00369 e. The van der Waals surface area contributed by atoms with Crippen LogP contribution in [0.2, 0.25) is 0 Å². The maximum Gasteiger partial charge on any atom is -0.00369 e. The summed E-state index contributed by atoms with van der Waals surface area (Å²) in [6, 6.07) is 0. The summed E-state index contributed by atoms with van der Waals surface area (Å²) in [5.74, 6) is 0. The second kappa shape index (κ2) is 31.9. The average molecular weight is 468 g/mol. The molecule has 0 radical (unpaired) electrons.